The average Bonchev–Trinajstić information content (AvgIpc) is 3.21. The fraction of sp³-hybridized carbons (Fsp3) is 0.281. The number of hydrogen-bond donors (Lipinski definition) is 0. The standard InChI is InChI=1S/C26H27Cl2N3O.2C3H6/c27-24-14-8-9-21(26(24)28)19-29-15-17-30(18-16-29)25(32)20-31(23-12-6-3-7-13-23)22-10-4-1-2-5-11-22;2*1-3-2/h1-10,12-14H,11,15-20H2;2*3H,1H2,2H3. The first kappa shape index (κ1) is 31.2. The van der Waals surface area contributed by atoms with Crippen molar-refractivity contribution in [2.24, 2.45) is 0 Å². The summed E-state index contributed by atoms with van der Waals surface area (Å²) >= 11 is 12.5. The van der Waals surface area contributed by atoms with Crippen LogP contribution < -0.4 is 4.90 Å². The number of piperazine rings is 1. The Morgan fingerprint density at radius 1 is 0.921 bits per heavy atom. The molecule has 1 fully saturated rings. The van der Waals surface area contributed by atoms with Crippen molar-refractivity contribution < 1.29 is 4.79 Å². The van der Waals surface area contributed by atoms with Crippen LogP contribution in [-0.2, 0) is 11.3 Å². The number of para-hydroxylation sites is 1. The fourth-order valence-corrected chi connectivity index (χ4v) is 4.41. The van der Waals surface area contributed by atoms with E-state index in [1.54, 1.807) is 18.2 Å². The number of rotatable bonds is 6. The number of carbonyl (C=O) groups is 1. The van der Waals surface area contributed by atoms with Crippen LogP contribution in [0.5, 0.6) is 0 Å². The maximum Gasteiger partial charge on any atom is 0.242 e. The van der Waals surface area contributed by atoms with Crippen LogP contribution in [0.25, 0.3) is 0 Å². The predicted octanol–water partition coefficient (Wildman–Crippen LogP) is 7.93. The van der Waals surface area contributed by atoms with Gasteiger partial charge >= 0.3 is 0 Å². The summed E-state index contributed by atoms with van der Waals surface area (Å²) in [5.41, 5.74) is 3.17. The molecule has 0 unspecified atom stereocenters. The van der Waals surface area contributed by atoms with Crippen molar-refractivity contribution in [1.29, 1.82) is 0 Å². The summed E-state index contributed by atoms with van der Waals surface area (Å²) in [7, 11) is 0. The van der Waals surface area contributed by atoms with Crippen molar-refractivity contribution in [2.75, 3.05) is 37.6 Å². The minimum atomic E-state index is 0.146. The number of halogens is 2. The van der Waals surface area contributed by atoms with Gasteiger partial charge in [-0.1, -0.05) is 90.0 Å². The Labute approximate surface area is 238 Å². The quantitative estimate of drug-likeness (QED) is 0.341. The topological polar surface area (TPSA) is 26.8 Å². The minimum Gasteiger partial charge on any atom is -0.339 e. The molecule has 1 amide bonds. The van der Waals surface area contributed by atoms with Gasteiger partial charge in [0.1, 0.15) is 6.54 Å². The zero-order valence-electron chi connectivity index (χ0n) is 22.5. The highest BCUT2D eigenvalue weighted by Gasteiger charge is 2.24. The molecule has 6 heteroatoms. The molecule has 0 aromatic heterocycles. The molecule has 2 aromatic rings. The van der Waals surface area contributed by atoms with Gasteiger partial charge in [-0.2, -0.15) is 0 Å². The van der Waals surface area contributed by atoms with E-state index in [2.05, 4.69) is 47.2 Å². The Morgan fingerprint density at radius 3 is 2.24 bits per heavy atom. The lowest BCUT2D eigenvalue weighted by Crippen LogP contribution is -2.50. The summed E-state index contributed by atoms with van der Waals surface area (Å²) in [6.07, 6.45) is 14.6. The van der Waals surface area contributed by atoms with Gasteiger partial charge in [-0.3, -0.25) is 9.69 Å². The van der Waals surface area contributed by atoms with Gasteiger partial charge in [0.2, 0.25) is 5.91 Å². The number of allylic oxidation sites excluding steroid dienone is 7. The van der Waals surface area contributed by atoms with E-state index in [0.29, 0.717) is 29.7 Å². The van der Waals surface area contributed by atoms with E-state index in [1.165, 1.54) is 0 Å². The van der Waals surface area contributed by atoms with Gasteiger partial charge in [0.05, 0.1) is 10.0 Å². The van der Waals surface area contributed by atoms with E-state index in [1.807, 2.05) is 67.3 Å². The van der Waals surface area contributed by atoms with Crippen molar-refractivity contribution in [3.05, 3.63) is 126 Å². The molecule has 1 saturated heterocycles. The Morgan fingerprint density at radius 2 is 1.58 bits per heavy atom. The van der Waals surface area contributed by atoms with Crippen molar-refractivity contribution in [3.8, 4) is 0 Å². The third-order valence-corrected chi connectivity index (χ3v) is 6.69. The molecule has 1 heterocycles. The Kier molecular flexibility index (Phi) is 14.3. The monoisotopic (exact) mass is 551 g/mol. The summed E-state index contributed by atoms with van der Waals surface area (Å²) in [5.74, 6) is 0.146. The number of anilines is 1. The maximum atomic E-state index is 13.2. The fourth-order valence-electron chi connectivity index (χ4n) is 4.04. The molecule has 2 aliphatic rings. The Hall–Kier alpha value is -3.05. The Balaban J connectivity index is 0.000000773. The molecule has 38 heavy (non-hydrogen) atoms. The van der Waals surface area contributed by atoms with Crippen molar-refractivity contribution in [1.82, 2.24) is 9.80 Å². The van der Waals surface area contributed by atoms with Gasteiger partial charge in [0.15, 0.2) is 0 Å². The van der Waals surface area contributed by atoms with Crippen molar-refractivity contribution in [3.63, 3.8) is 0 Å². The second kappa shape index (κ2) is 17.5. The summed E-state index contributed by atoms with van der Waals surface area (Å²) in [4.78, 5) is 19.6. The summed E-state index contributed by atoms with van der Waals surface area (Å²) in [6, 6.07) is 15.9. The predicted molar refractivity (Wildman–Crippen MR) is 165 cm³/mol. The van der Waals surface area contributed by atoms with Crippen LogP contribution in [0.2, 0.25) is 10.0 Å². The zero-order chi connectivity index (χ0) is 27.8. The molecule has 1 aliphatic heterocycles. The number of nitrogens with zero attached hydrogens (tertiary/aromatic N) is 3. The van der Waals surface area contributed by atoms with Gasteiger partial charge in [0.25, 0.3) is 0 Å². The molecule has 202 valence electrons. The number of benzene rings is 2. The third kappa shape index (κ3) is 10.0. The first-order valence-electron chi connectivity index (χ1n) is 12.9. The number of amides is 1. The van der Waals surface area contributed by atoms with Crippen LogP contribution in [0.15, 0.2) is 110 Å². The van der Waals surface area contributed by atoms with E-state index in [4.69, 9.17) is 23.2 Å². The van der Waals surface area contributed by atoms with Crippen LogP contribution in [0.3, 0.4) is 0 Å². The first-order chi connectivity index (χ1) is 18.4. The van der Waals surface area contributed by atoms with Crippen LogP contribution in [0, 0.1) is 0 Å². The molecule has 0 radical (unpaired) electrons. The van der Waals surface area contributed by atoms with Gasteiger partial charge in [0, 0.05) is 50.5 Å². The van der Waals surface area contributed by atoms with Crippen LogP contribution in [0.4, 0.5) is 5.69 Å². The van der Waals surface area contributed by atoms with Gasteiger partial charge < -0.3 is 9.80 Å². The van der Waals surface area contributed by atoms with Gasteiger partial charge in [-0.15, -0.1) is 13.2 Å². The van der Waals surface area contributed by atoms with E-state index in [9.17, 15) is 4.79 Å². The largest absolute Gasteiger partial charge is 0.339 e. The molecular weight excluding hydrogens is 513 g/mol. The normalized spacial score (nSPS) is 14.6. The molecule has 0 saturated carbocycles. The smallest absolute Gasteiger partial charge is 0.242 e. The molecule has 0 N–H and O–H groups in total. The molecule has 0 bridgehead atoms. The molecule has 1 aliphatic carbocycles. The van der Waals surface area contributed by atoms with E-state index >= 15 is 0 Å². The molecule has 4 rings (SSSR count). The van der Waals surface area contributed by atoms with E-state index in [0.717, 1.165) is 43.0 Å². The summed E-state index contributed by atoms with van der Waals surface area (Å²) in [5, 5.41) is 1.20. The average molecular weight is 553 g/mol. The molecule has 0 atom stereocenters. The highest BCUT2D eigenvalue weighted by Crippen LogP contribution is 2.27. The zero-order valence-corrected chi connectivity index (χ0v) is 24.0. The lowest BCUT2D eigenvalue weighted by molar-refractivity contribution is -0.131. The van der Waals surface area contributed by atoms with Crippen molar-refractivity contribution in [2.45, 2.75) is 26.8 Å². The molecule has 0 spiro atoms. The van der Waals surface area contributed by atoms with E-state index in [-0.39, 0.29) is 5.91 Å². The third-order valence-electron chi connectivity index (χ3n) is 5.83. The lowest BCUT2D eigenvalue weighted by Gasteiger charge is -2.36. The second-order valence-corrected chi connectivity index (χ2v) is 9.57. The highest BCUT2D eigenvalue weighted by molar-refractivity contribution is 6.42. The minimum absolute atomic E-state index is 0.146. The van der Waals surface area contributed by atoms with Crippen LogP contribution in [0.1, 0.15) is 25.8 Å². The lowest BCUT2D eigenvalue weighted by atomic mass is 10.2. The number of hydrogen-bond acceptors (Lipinski definition) is 3. The number of carbonyl (C=O) groups excluding carboxylic acids is 1. The SMILES string of the molecule is C=CC.C=CC.O=C(CN(C1=CC=CC=CC1)c1ccccc1)N1CCN(Cc2cccc(Cl)c2Cl)CC1. The first-order valence-corrected chi connectivity index (χ1v) is 13.6. The molecular formula is C32H39Cl2N3O. The van der Waals surface area contributed by atoms with Crippen LogP contribution >= 0.6 is 23.2 Å². The highest BCUT2D eigenvalue weighted by atomic mass is 35.5. The maximum absolute atomic E-state index is 13.2. The summed E-state index contributed by atoms with van der Waals surface area (Å²) in [6.45, 7) is 14.6. The van der Waals surface area contributed by atoms with Crippen LogP contribution in [-0.4, -0.2) is 48.4 Å². The van der Waals surface area contributed by atoms with Gasteiger partial charge in [-0.05, 0) is 43.7 Å². The Bertz CT molecular complexity index is 1110. The molecule has 4 nitrogen and oxygen atoms in total. The summed E-state index contributed by atoms with van der Waals surface area (Å²) < 4.78 is 0. The van der Waals surface area contributed by atoms with Gasteiger partial charge in [-0.25, -0.2) is 0 Å². The molecule has 2 aromatic carbocycles. The van der Waals surface area contributed by atoms with E-state index < -0.39 is 0 Å². The second-order valence-electron chi connectivity index (χ2n) is 8.78. The van der Waals surface area contributed by atoms with Crippen molar-refractivity contribution >= 4 is 34.8 Å².